The molecule has 0 radical (unpaired) electrons. The number of imidazole rings is 1. The maximum absolute atomic E-state index is 13.3. The molecule has 3 aromatic heterocycles. The Hall–Kier alpha value is -4.31. The second-order valence-corrected chi connectivity index (χ2v) is 8.11. The topological polar surface area (TPSA) is 124 Å². The van der Waals surface area contributed by atoms with E-state index in [1.165, 1.54) is 22.1 Å². The third-order valence-electron chi connectivity index (χ3n) is 4.93. The maximum Gasteiger partial charge on any atom is 0.274 e. The van der Waals surface area contributed by atoms with Crippen molar-refractivity contribution >= 4 is 44.1 Å². The largest absolute Gasteiger partial charge is 0.494 e. The molecule has 0 atom stereocenters. The zero-order chi connectivity index (χ0) is 22.9. The molecule has 164 valence electrons. The molecule has 10 heteroatoms. The first-order chi connectivity index (χ1) is 16.0. The molecule has 2 aromatic carbocycles. The predicted octanol–water partition coefficient (Wildman–Crippen LogP) is 3.76. The van der Waals surface area contributed by atoms with Crippen LogP contribution < -0.4 is 15.8 Å². The molecule has 9 nitrogen and oxygen atoms in total. The quantitative estimate of drug-likeness (QED) is 0.399. The number of carbonyl (C=O) groups excluding carboxylic acids is 2. The van der Waals surface area contributed by atoms with E-state index in [1.54, 1.807) is 6.07 Å². The number of ether oxygens (including phenoxy) is 1. The molecule has 0 fully saturated rings. The molecule has 0 spiro atoms. The Morgan fingerprint density at radius 1 is 1.12 bits per heavy atom. The first kappa shape index (κ1) is 20.6. The number of benzene rings is 2. The summed E-state index contributed by atoms with van der Waals surface area (Å²) in [4.78, 5) is 38.2. The number of aromatic nitrogens is 4. The Morgan fingerprint density at radius 2 is 1.94 bits per heavy atom. The smallest absolute Gasteiger partial charge is 0.274 e. The SMILES string of the molecule is CCOc1ccc2nc(NC(=O)c3cc(-c4ccccc4)nc4c(C(N)=O)ncn34)sc2c1. The van der Waals surface area contributed by atoms with E-state index in [4.69, 9.17) is 10.5 Å². The lowest BCUT2D eigenvalue weighted by Crippen LogP contribution is -2.17. The highest BCUT2D eigenvalue weighted by Gasteiger charge is 2.20. The van der Waals surface area contributed by atoms with Crippen LogP contribution in [0.4, 0.5) is 5.13 Å². The van der Waals surface area contributed by atoms with E-state index in [0.29, 0.717) is 17.4 Å². The van der Waals surface area contributed by atoms with Crippen molar-refractivity contribution in [3.63, 3.8) is 0 Å². The van der Waals surface area contributed by atoms with Crippen LogP contribution in [0.1, 0.15) is 27.9 Å². The van der Waals surface area contributed by atoms with Crippen molar-refractivity contribution in [1.29, 1.82) is 0 Å². The lowest BCUT2D eigenvalue weighted by molar-refractivity contribution is 0.0993. The summed E-state index contributed by atoms with van der Waals surface area (Å²) in [5.41, 5.74) is 7.96. The Labute approximate surface area is 191 Å². The molecule has 3 N–H and O–H groups in total. The average Bonchev–Trinajstić information content (AvgIpc) is 3.42. The predicted molar refractivity (Wildman–Crippen MR) is 126 cm³/mol. The Bertz CT molecular complexity index is 1510. The highest BCUT2D eigenvalue weighted by molar-refractivity contribution is 7.22. The summed E-state index contributed by atoms with van der Waals surface area (Å²) in [5.74, 6) is -0.401. The molecule has 5 aromatic rings. The van der Waals surface area contributed by atoms with Crippen LogP contribution in [0.2, 0.25) is 0 Å². The van der Waals surface area contributed by atoms with Gasteiger partial charge in [0.05, 0.1) is 22.5 Å². The lowest BCUT2D eigenvalue weighted by Gasteiger charge is -2.09. The third kappa shape index (κ3) is 3.87. The molecule has 5 rings (SSSR count). The number of nitrogens with two attached hydrogens (primary N) is 1. The summed E-state index contributed by atoms with van der Waals surface area (Å²) in [5, 5.41) is 3.28. The fourth-order valence-corrected chi connectivity index (χ4v) is 4.34. The van der Waals surface area contributed by atoms with Gasteiger partial charge in [-0.1, -0.05) is 41.7 Å². The summed E-state index contributed by atoms with van der Waals surface area (Å²) >= 11 is 1.34. The minimum atomic E-state index is -0.724. The fraction of sp³-hybridized carbons (Fsp3) is 0.0870. The van der Waals surface area contributed by atoms with Crippen LogP contribution in [0.3, 0.4) is 0 Å². The minimum Gasteiger partial charge on any atom is -0.494 e. The van der Waals surface area contributed by atoms with Gasteiger partial charge < -0.3 is 10.5 Å². The molecule has 0 aliphatic carbocycles. The number of fused-ring (bicyclic) bond motifs is 2. The summed E-state index contributed by atoms with van der Waals surface area (Å²) in [6.45, 7) is 2.48. The Balaban J connectivity index is 1.56. The normalized spacial score (nSPS) is 11.1. The number of thiazole rings is 1. The van der Waals surface area contributed by atoms with Gasteiger partial charge in [0.1, 0.15) is 17.8 Å². The van der Waals surface area contributed by atoms with Gasteiger partial charge in [0.25, 0.3) is 11.8 Å². The molecule has 33 heavy (non-hydrogen) atoms. The first-order valence-corrected chi connectivity index (χ1v) is 10.9. The van der Waals surface area contributed by atoms with Gasteiger partial charge in [-0.15, -0.1) is 0 Å². The number of nitrogens with zero attached hydrogens (tertiary/aromatic N) is 4. The molecule has 0 aliphatic heterocycles. The first-order valence-electron chi connectivity index (χ1n) is 10.1. The van der Waals surface area contributed by atoms with E-state index < -0.39 is 11.8 Å². The van der Waals surface area contributed by atoms with Crippen LogP contribution in [0, 0.1) is 0 Å². The van der Waals surface area contributed by atoms with E-state index in [1.807, 2.05) is 55.5 Å². The molecular weight excluding hydrogens is 440 g/mol. The molecule has 0 aliphatic rings. The number of rotatable bonds is 6. The summed E-state index contributed by atoms with van der Waals surface area (Å²) in [6.07, 6.45) is 1.36. The van der Waals surface area contributed by atoms with E-state index >= 15 is 0 Å². The molecule has 3 heterocycles. The van der Waals surface area contributed by atoms with Gasteiger partial charge in [-0.25, -0.2) is 15.0 Å². The molecule has 0 saturated heterocycles. The number of anilines is 1. The Morgan fingerprint density at radius 3 is 2.70 bits per heavy atom. The zero-order valence-corrected chi connectivity index (χ0v) is 18.3. The third-order valence-corrected chi connectivity index (χ3v) is 5.86. The number of hydrogen-bond acceptors (Lipinski definition) is 7. The van der Waals surface area contributed by atoms with Crippen molar-refractivity contribution in [3.05, 3.63) is 72.3 Å². The van der Waals surface area contributed by atoms with Crippen molar-refractivity contribution in [2.75, 3.05) is 11.9 Å². The van der Waals surface area contributed by atoms with Gasteiger partial charge in [-0.2, -0.15) is 0 Å². The highest BCUT2D eigenvalue weighted by atomic mass is 32.1. The lowest BCUT2D eigenvalue weighted by atomic mass is 10.1. The summed E-state index contributed by atoms with van der Waals surface area (Å²) in [6, 6.07) is 16.6. The highest BCUT2D eigenvalue weighted by Crippen LogP contribution is 2.30. The van der Waals surface area contributed by atoms with Gasteiger partial charge >= 0.3 is 0 Å². The molecule has 0 unspecified atom stereocenters. The van der Waals surface area contributed by atoms with Crippen molar-refractivity contribution in [3.8, 4) is 17.0 Å². The Kier molecular flexibility index (Phi) is 5.19. The van der Waals surface area contributed by atoms with Crippen LogP contribution in [0.25, 0.3) is 27.1 Å². The van der Waals surface area contributed by atoms with E-state index in [9.17, 15) is 9.59 Å². The number of hydrogen-bond donors (Lipinski definition) is 2. The number of primary amides is 1. The van der Waals surface area contributed by atoms with Gasteiger partial charge in [0.15, 0.2) is 16.5 Å². The van der Waals surface area contributed by atoms with Crippen LogP contribution in [0.15, 0.2) is 60.9 Å². The number of nitrogens with one attached hydrogen (secondary N) is 1. The average molecular weight is 459 g/mol. The second-order valence-electron chi connectivity index (χ2n) is 7.08. The summed E-state index contributed by atoms with van der Waals surface area (Å²) in [7, 11) is 0. The van der Waals surface area contributed by atoms with Crippen LogP contribution >= 0.6 is 11.3 Å². The monoisotopic (exact) mass is 458 g/mol. The summed E-state index contributed by atoms with van der Waals surface area (Å²) < 4.78 is 7.87. The number of amides is 2. The van der Waals surface area contributed by atoms with Crippen molar-refractivity contribution in [2.45, 2.75) is 6.92 Å². The zero-order valence-electron chi connectivity index (χ0n) is 17.5. The van der Waals surface area contributed by atoms with Crippen LogP contribution in [-0.2, 0) is 0 Å². The molecule has 0 bridgehead atoms. The van der Waals surface area contributed by atoms with Gasteiger partial charge in [-0.05, 0) is 31.2 Å². The van der Waals surface area contributed by atoms with Gasteiger partial charge in [0, 0.05) is 5.56 Å². The van der Waals surface area contributed by atoms with E-state index in [-0.39, 0.29) is 17.0 Å². The van der Waals surface area contributed by atoms with Gasteiger partial charge in [0.2, 0.25) is 0 Å². The standard InChI is InChI=1S/C23H18N6O3S/c1-2-32-14-8-9-15-18(10-14)33-23(27-15)28-22(31)17-11-16(13-6-4-3-5-7-13)26-21-19(20(24)30)25-12-29(17)21/h3-12H,2H2,1H3,(H2,24,30)(H,27,28,31). The molecule has 0 saturated carbocycles. The molecule has 2 amide bonds. The van der Waals surface area contributed by atoms with E-state index in [0.717, 1.165) is 21.5 Å². The van der Waals surface area contributed by atoms with Gasteiger partial charge in [-0.3, -0.25) is 19.3 Å². The second kappa shape index (κ2) is 8.32. The fourth-order valence-electron chi connectivity index (χ4n) is 3.45. The van der Waals surface area contributed by atoms with E-state index in [2.05, 4.69) is 20.3 Å². The van der Waals surface area contributed by atoms with Crippen molar-refractivity contribution < 1.29 is 14.3 Å². The van der Waals surface area contributed by atoms with Crippen molar-refractivity contribution in [2.24, 2.45) is 5.73 Å². The van der Waals surface area contributed by atoms with Crippen molar-refractivity contribution in [1.82, 2.24) is 19.4 Å². The minimum absolute atomic E-state index is 0.00901. The maximum atomic E-state index is 13.3. The molecular formula is C23H18N6O3S. The number of carbonyl (C=O) groups is 2. The van der Waals surface area contributed by atoms with Crippen LogP contribution in [0.5, 0.6) is 5.75 Å². The van der Waals surface area contributed by atoms with Crippen LogP contribution in [-0.4, -0.2) is 37.8 Å².